The first kappa shape index (κ1) is 12.7. The molecule has 17 heavy (non-hydrogen) atoms. The zero-order valence-electron chi connectivity index (χ0n) is 9.49. The molecule has 0 saturated carbocycles. The molecule has 2 amide bonds. The molecule has 1 aromatic carbocycles. The number of benzene rings is 1. The summed E-state index contributed by atoms with van der Waals surface area (Å²) in [5.74, 6) is -1.52. The molecule has 1 rings (SSSR count). The van der Waals surface area contributed by atoms with Gasteiger partial charge in [0.1, 0.15) is 6.54 Å². The summed E-state index contributed by atoms with van der Waals surface area (Å²) in [6.45, 7) is 2.05. The number of carbonyl (C=O) groups excluding carboxylic acids is 2. The standard InChI is InChI=1S/C12H13N3O2/c1-9-4-2-3-5-10(9)8-15-12(17)11(16)14-7-6-13/h2-5H,7-8H2,1H3,(H,14,16)(H,15,17). The molecular weight excluding hydrogens is 218 g/mol. The molecule has 0 radical (unpaired) electrons. The third-order valence-electron chi connectivity index (χ3n) is 2.23. The zero-order chi connectivity index (χ0) is 12.7. The number of nitriles is 1. The number of nitrogens with one attached hydrogen (secondary N) is 2. The summed E-state index contributed by atoms with van der Waals surface area (Å²) < 4.78 is 0. The van der Waals surface area contributed by atoms with Crippen LogP contribution in [-0.2, 0) is 16.1 Å². The lowest BCUT2D eigenvalue weighted by Crippen LogP contribution is -2.39. The maximum absolute atomic E-state index is 11.3. The molecule has 0 saturated heterocycles. The first-order chi connectivity index (χ1) is 8.15. The van der Waals surface area contributed by atoms with Crippen LogP contribution in [0.2, 0.25) is 0 Å². The lowest BCUT2D eigenvalue weighted by Gasteiger charge is -2.07. The van der Waals surface area contributed by atoms with E-state index in [1.807, 2.05) is 31.2 Å². The molecule has 0 aliphatic carbocycles. The minimum atomic E-state index is -0.792. The van der Waals surface area contributed by atoms with Crippen LogP contribution in [0.25, 0.3) is 0 Å². The van der Waals surface area contributed by atoms with Gasteiger partial charge in [-0.05, 0) is 18.1 Å². The van der Waals surface area contributed by atoms with Gasteiger partial charge in [0.2, 0.25) is 0 Å². The van der Waals surface area contributed by atoms with E-state index in [0.717, 1.165) is 11.1 Å². The first-order valence-electron chi connectivity index (χ1n) is 5.12. The third-order valence-corrected chi connectivity index (χ3v) is 2.23. The fraction of sp³-hybridized carbons (Fsp3) is 0.250. The minimum absolute atomic E-state index is 0.170. The van der Waals surface area contributed by atoms with Gasteiger partial charge in [0, 0.05) is 6.54 Å². The second kappa shape index (κ2) is 6.28. The van der Waals surface area contributed by atoms with Crippen LogP contribution in [-0.4, -0.2) is 18.4 Å². The van der Waals surface area contributed by atoms with E-state index >= 15 is 0 Å². The van der Waals surface area contributed by atoms with Crippen LogP contribution in [0.15, 0.2) is 24.3 Å². The summed E-state index contributed by atoms with van der Waals surface area (Å²) in [6.07, 6.45) is 0. The molecule has 0 heterocycles. The largest absolute Gasteiger partial charge is 0.344 e. The van der Waals surface area contributed by atoms with E-state index in [0.29, 0.717) is 6.54 Å². The van der Waals surface area contributed by atoms with E-state index in [4.69, 9.17) is 5.26 Å². The summed E-state index contributed by atoms with van der Waals surface area (Å²) in [7, 11) is 0. The van der Waals surface area contributed by atoms with Crippen molar-refractivity contribution >= 4 is 11.8 Å². The fourth-order valence-corrected chi connectivity index (χ4v) is 1.26. The number of nitrogens with zero attached hydrogens (tertiary/aromatic N) is 1. The average molecular weight is 231 g/mol. The van der Waals surface area contributed by atoms with Crippen LogP contribution in [0.4, 0.5) is 0 Å². The molecular formula is C12H13N3O2. The van der Waals surface area contributed by atoms with Gasteiger partial charge in [-0.3, -0.25) is 9.59 Å². The Morgan fingerprint density at radius 1 is 1.24 bits per heavy atom. The molecule has 5 heteroatoms. The van der Waals surface area contributed by atoms with Crippen molar-refractivity contribution in [2.75, 3.05) is 6.54 Å². The molecule has 0 aromatic heterocycles. The van der Waals surface area contributed by atoms with Crippen LogP contribution in [0, 0.1) is 18.3 Å². The highest BCUT2D eigenvalue weighted by atomic mass is 16.2. The molecule has 0 atom stereocenters. The maximum atomic E-state index is 11.3. The SMILES string of the molecule is Cc1ccccc1CNC(=O)C(=O)NCC#N. The van der Waals surface area contributed by atoms with Crippen molar-refractivity contribution in [2.24, 2.45) is 0 Å². The molecule has 5 nitrogen and oxygen atoms in total. The van der Waals surface area contributed by atoms with Gasteiger partial charge in [0.15, 0.2) is 0 Å². The van der Waals surface area contributed by atoms with Crippen molar-refractivity contribution in [2.45, 2.75) is 13.5 Å². The zero-order valence-corrected chi connectivity index (χ0v) is 9.49. The van der Waals surface area contributed by atoms with Crippen molar-refractivity contribution in [1.29, 1.82) is 5.26 Å². The van der Waals surface area contributed by atoms with Gasteiger partial charge in [-0.15, -0.1) is 0 Å². The molecule has 1 aromatic rings. The lowest BCUT2D eigenvalue weighted by atomic mass is 10.1. The van der Waals surface area contributed by atoms with E-state index < -0.39 is 11.8 Å². The number of carbonyl (C=O) groups is 2. The second-order valence-corrected chi connectivity index (χ2v) is 3.45. The van der Waals surface area contributed by atoms with Crippen LogP contribution in [0.1, 0.15) is 11.1 Å². The van der Waals surface area contributed by atoms with Gasteiger partial charge < -0.3 is 10.6 Å². The molecule has 0 aliphatic heterocycles. The van der Waals surface area contributed by atoms with Gasteiger partial charge in [0.05, 0.1) is 6.07 Å². The van der Waals surface area contributed by atoms with Gasteiger partial charge in [0.25, 0.3) is 0 Å². The quantitative estimate of drug-likeness (QED) is 0.578. The van der Waals surface area contributed by atoms with Gasteiger partial charge in [-0.25, -0.2) is 0 Å². The van der Waals surface area contributed by atoms with Crippen molar-refractivity contribution in [3.05, 3.63) is 35.4 Å². The summed E-state index contributed by atoms with van der Waals surface area (Å²) >= 11 is 0. The Kier molecular flexibility index (Phi) is 4.70. The topological polar surface area (TPSA) is 82.0 Å². The molecule has 0 bridgehead atoms. The highest BCUT2D eigenvalue weighted by molar-refractivity contribution is 6.35. The first-order valence-corrected chi connectivity index (χ1v) is 5.12. The van der Waals surface area contributed by atoms with Crippen molar-refractivity contribution in [3.63, 3.8) is 0 Å². The summed E-state index contributed by atoms with van der Waals surface area (Å²) in [5, 5.41) is 12.9. The van der Waals surface area contributed by atoms with E-state index in [9.17, 15) is 9.59 Å². The van der Waals surface area contributed by atoms with Crippen molar-refractivity contribution in [1.82, 2.24) is 10.6 Å². The van der Waals surface area contributed by atoms with Crippen LogP contribution >= 0.6 is 0 Å². The Hall–Kier alpha value is -2.35. The number of aryl methyl sites for hydroxylation is 1. The fourth-order valence-electron chi connectivity index (χ4n) is 1.26. The number of amides is 2. The maximum Gasteiger partial charge on any atom is 0.310 e. The Morgan fingerprint density at radius 2 is 1.88 bits per heavy atom. The third kappa shape index (κ3) is 3.95. The Labute approximate surface area is 99.4 Å². The number of rotatable bonds is 3. The smallest absolute Gasteiger partial charge is 0.310 e. The van der Waals surface area contributed by atoms with Gasteiger partial charge >= 0.3 is 11.8 Å². The molecule has 88 valence electrons. The van der Waals surface area contributed by atoms with E-state index in [-0.39, 0.29) is 6.54 Å². The summed E-state index contributed by atoms with van der Waals surface area (Å²) in [4.78, 5) is 22.4. The van der Waals surface area contributed by atoms with Crippen molar-refractivity contribution < 1.29 is 9.59 Å². The predicted octanol–water partition coefficient (Wildman–Crippen LogP) is 0.251. The van der Waals surface area contributed by atoms with E-state index in [1.165, 1.54) is 0 Å². The molecule has 0 fully saturated rings. The van der Waals surface area contributed by atoms with Crippen LogP contribution < -0.4 is 10.6 Å². The molecule has 0 spiro atoms. The van der Waals surface area contributed by atoms with Crippen molar-refractivity contribution in [3.8, 4) is 6.07 Å². The van der Waals surface area contributed by atoms with Gasteiger partial charge in [-0.2, -0.15) is 5.26 Å². The number of hydrogen-bond acceptors (Lipinski definition) is 3. The van der Waals surface area contributed by atoms with E-state index in [1.54, 1.807) is 6.07 Å². The van der Waals surface area contributed by atoms with E-state index in [2.05, 4.69) is 10.6 Å². The Morgan fingerprint density at radius 3 is 2.53 bits per heavy atom. The van der Waals surface area contributed by atoms with Crippen LogP contribution in [0.5, 0.6) is 0 Å². The molecule has 2 N–H and O–H groups in total. The highest BCUT2D eigenvalue weighted by Crippen LogP contribution is 2.05. The monoisotopic (exact) mass is 231 g/mol. The Bertz CT molecular complexity index is 463. The lowest BCUT2D eigenvalue weighted by molar-refractivity contribution is -0.139. The normalized spacial score (nSPS) is 9.18. The van der Waals surface area contributed by atoms with Gasteiger partial charge in [-0.1, -0.05) is 24.3 Å². The second-order valence-electron chi connectivity index (χ2n) is 3.45. The predicted molar refractivity (Wildman–Crippen MR) is 61.6 cm³/mol. The molecule has 0 aliphatic rings. The summed E-state index contributed by atoms with van der Waals surface area (Å²) in [5.41, 5.74) is 2.00. The Balaban J connectivity index is 2.46. The summed E-state index contributed by atoms with van der Waals surface area (Å²) in [6, 6.07) is 9.30. The van der Waals surface area contributed by atoms with Crippen LogP contribution in [0.3, 0.4) is 0 Å². The highest BCUT2D eigenvalue weighted by Gasteiger charge is 2.12. The molecule has 0 unspecified atom stereocenters. The number of hydrogen-bond donors (Lipinski definition) is 2. The minimum Gasteiger partial charge on any atom is -0.344 e. The average Bonchev–Trinajstić information content (AvgIpc) is 2.34.